The van der Waals surface area contributed by atoms with Crippen molar-refractivity contribution in [3.63, 3.8) is 0 Å². The summed E-state index contributed by atoms with van der Waals surface area (Å²) in [5, 5.41) is 9.44. The highest BCUT2D eigenvalue weighted by Crippen LogP contribution is 2.41. The van der Waals surface area contributed by atoms with Gasteiger partial charge in [0.25, 0.3) is 0 Å². The molecule has 0 unspecified atom stereocenters. The third-order valence-electron chi connectivity index (χ3n) is 4.25. The summed E-state index contributed by atoms with van der Waals surface area (Å²) in [7, 11) is 1.65. The van der Waals surface area contributed by atoms with Gasteiger partial charge in [-0.2, -0.15) is 4.37 Å². The highest BCUT2D eigenvalue weighted by molar-refractivity contribution is 8.00. The molecule has 0 saturated heterocycles. The zero-order chi connectivity index (χ0) is 18.2. The van der Waals surface area contributed by atoms with Gasteiger partial charge in [0.05, 0.1) is 19.1 Å². The van der Waals surface area contributed by atoms with Crippen LogP contribution in [0.25, 0.3) is 17.3 Å². The van der Waals surface area contributed by atoms with E-state index < -0.39 is 0 Å². The van der Waals surface area contributed by atoms with Crippen LogP contribution >= 0.6 is 23.3 Å². The van der Waals surface area contributed by atoms with E-state index in [9.17, 15) is 0 Å². The van der Waals surface area contributed by atoms with Gasteiger partial charge < -0.3 is 9.15 Å². The number of methoxy groups -OCH3 is 1. The summed E-state index contributed by atoms with van der Waals surface area (Å²) < 4.78 is 18.1. The maximum Gasteiger partial charge on any atom is 0.205 e. The maximum atomic E-state index is 5.55. The summed E-state index contributed by atoms with van der Waals surface area (Å²) in [5.41, 5.74) is 0.918. The first-order chi connectivity index (χ1) is 13.3. The zero-order valence-corrected chi connectivity index (χ0v) is 16.0. The summed E-state index contributed by atoms with van der Waals surface area (Å²) in [4.78, 5) is 4.65. The fourth-order valence-corrected chi connectivity index (χ4v) is 4.35. The van der Waals surface area contributed by atoms with Crippen LogP contribution in [0.5, 0.6) is 5.75 Å². The highest BCUT2D eigenvalue weighted by Gasteiger charge is 2.28. The Hall–Kier alpha value is -2.65. The molecule has 27 heavy (non-hydrogen) atoms. The first-order valence-electron chi connectivity index (χ1n) is 8.47. The van der Waals surface area contributed by atoms with E-state index in [4.69, 9.17) is 9.15 Å². The first-order valence-corrected chi connectivity index (χ1v) is 10.1. The summed E-state index contributed by atoms with van der Waals surface area (Å²) in [6, 6.07) is 11.5. The molecule has 0 N–H and O–H groups in total. The molecule has 136 valence electrons. The third kappa shape index (κ3) is 3.24. The molecule has 1 aliphatic carbocycles. The normalized spacial score (nSPS) is 13.8. The van der Waals surface area contributed by atoms with Crippen LogP contribution in [0.3, 0.4) is 0 Å². The van der Waals surface area contributed by atoms with E-state index in [0.29, 0.717) is 22.7 Å². The number of benzene rings is 1. The molecule has 1 aromatic carbocycles. The number of hydrogen-bond donors (Lipinski definition) is 0. The van der Waals surface area contributed by atoms with Crippen LogP contribution in [-0.4, -0.2) is 31.2 Å². The Kier molecular flexibility index (Phi) is 4.17. The fraction of sp³-hybridized carbons (Fsp3) is 0.222. The van der Waals surface area contributed by atoms with Crippen LogP contribution in [0.1, 0.15) is 24.6 Å². The minimum absolute atomic E-state index is 0.536. The average Bonchev–Trinajstić information content (AvgIpc) is 3.11. The summed E-state index contributed by atoms with van der Waals surface area (Å²) in [5.74, 6) is 3.57. The lowest BCUT2D eigenvalue weighted by atomic mass is 10.3. The van der Waals surface area contributed by atoms with Gasteiger partial charge in [-0.25, -0.2) is 4.98 Å². The lowest BCUT2D eigenvalue weighted by molar-refractivity contribution is 0.414. The molecule has 1 saturated carbocycles. The van der Waals surface area contributed by atoms with Crippen molar-refractivity contribution < 1.29 is 9.15 Å². The van der Waals surface area contributed by atoms with Crippen LogP contribution in [0, 0.1) is 0 Å². The lowest BCUT2D eigenvalue weighted by Crippen LogP contribution is -1.99. The van der Waals surface area contributed by atoms with Crippen LogP contribution in [0.15, 0.2) is 56.6 Å². The number of aromatic nitrogens is 5. The Morgan fingerprint density at radius 3 is 2.74 bits per heavy atom. The molecule has 9 heteroatoms. The van der Waals surface area contributed by atoms with Crippen molar-refractivity contribution >= 4 is 23.3 Å². The second-order valence-corrected chi connectivity index (χ2v) is 8.08. The fourth-order valence-electron chi connectivity index (χ4n) is 2.71. The van der Waals surface area contributed by atoms with Gasteiger partial charge >= 0.3 is 0 Å². The number of ether oxygens (including phenoxy) is 1. The van der Waals surface area contributed by atoms with Gasteiger partial charge in [-0.15, -0.1) is 10.2 Å². The van der Waals surface area contributed by atoms with Gasteiger partial charge in [0.15, 0.2) is 10.1 Å². The van der Waals surface area contributed by atoms with Crippen molar-refractivity contribution in [2.75, 3.05) is 7.11 Å². The average molecular weight is 397 g/mol. The highest BCUT2D eigenvalue weighted by atomic mass is 32.2. The maximum absolute atomic E-state index is 5.55. The number of furan rings is 1. The summed E-state index contributed by atoms with van der Waals surface area (Å²) in [6.07, 6.45) is 4.00. The van der Waals surface area contributed by atoms with Crippen molar-refractivity contribution in [3.05, 3.63) is 48.5 Å². The Labute approximate surface area is 163 Å². The second-order valence-electron chi connectivity index (χ2n) is 6.11. The van der Waals surface area contributed by atoms with Gasteiger partial charge in [0.2, 0.25) is 11.0 Å². The lowest BCUT2D eigenvalue weighted by Gasteiger charge is -2.09. The second kappa shape index (κ2) is 6.82. The SMILES string of the molecule is COc1ccc(-n2c(Sc3nc(C4CC4)ns3)nnc2-c2ccco2)cc1. The summed E-state index contributed by atoms with van der Waals surface area (Å²) >= 11 is 2.87. The zero-order valence-electron chi connectivity index (χ0n) is 14.4. The standard InChI is InChI=1S/C18H15N5O2S2/c1-24-13-8-6-12(7-9-13)23-16(14-3-2-10-25-14)20-21-17(23)26-18-19-15(22-27-18)11-4-5-11/h2-3,6-11H,4-5H2,1H3. The molecule has 4 aromatic rings. The van der Waals surface area contributed by atoms with Gasteiger partial charge in [-0.05, 0) is 72.5 Å². The Balaban J connectivity index is 1.55. The van der Waals surface area contributed by atoms with E-state index in [1.807, 2.05) is 41.0 Å². The van der Waals surface area contributed by atoms with E-state index in [1.165, 1.54) is 36.1 Å². The quantitative estimate of drug-likeness (QED) is 0.476. The van der Waals surface area contributed by atoms with Crippen molar-refractivity contribution in [1.29, 1.82) is 0 Å². The molecule has 3 heterocycles. The molecule has 0 atom stereocenters. The van der Waals surface area contributed by atoms with Crippen molar-refractivity contribution in [2.45, 2.75) is 28.3 Å². The minimum atomic E-state index is 0.536. The van der Waals surface area contributed by atoms with Crippen LogP contribution in [0.4, 0.5) is 0 Å². The minimum Gasteiger partial charge on any atom is -0.497 e. The van der Waals surface area contributed by atoms with Gasteiger partial charge in [-0.1, -0.05) is 0 Å². The molecule has 7 nitrogen and oxygen atoms in total. The molecule has 3 aromatic heterocycles. The van der Waals surface area contributed by atoms with Crippen molar-refractivity contribution in [1.82, 2.24) is 24.1 Å². The molecule has 0 amide bonds. The van der Waals surface area contributed by atoms with Crippen molar-refractivity contribution in [3.8, 4) is 23.0 Å². The molecule has 0 aliphatic heterocycles. The topological polar surface area (TPSA) is 78.9 Å². The molecule has 1 fully saturated rings. The number of nitrogens with zero attached hydrogens (tertiary/aromatic N) is 5. The largest absolute Gasteiger partial charge is 0.497 e. The van der Waals surface area contributed by atoms with E-state index in [-0.39, 0.29) is 0 Å². The van der Waals surface area contributed by atoms with Crippen LogP contribution in [0.2, 0.25) is 0 Å². The Morgan fingerprint density at radius 1 is 1.19 bits per heavy atom. The molecular formula is C18H15N5O2S2. The van der Waals surface area contributed by atoms with Gasteiger partial charge in [0, 0.05) is 5.92 Å². The molecule has 1 aliphatic rings. The predicted molar refractivity (Wildman–Crippen MR) is 102 cm³/mol. The molecule has 0 bridgehead atoms. The molecular weight excluding hydrogens is 382 g/mol. The van der Waals surface area contributed by atoms with E-state index in [2.05, 4.69) is 19.6 Å². The predicted octanol–water partition coefficient (Wildman–Crippen LogP) is 4.42. The molecule has 0 radical (unpaired) electrons. The Morgan fingerprint density at radius 2 is 2.04 bits per heavy atom. The molecule has 0 spiro atoms. The Bertz CT molecular complexity index is 1050. The van der Waals surface area contributed by atoms with Crippen molar-refractivity contribution in [2.24, 2.45) is 0 Å². The number of hydrogen-bond acceptors (Lipinski definition) is 8. The summed E-state index contributed by atoms with van der Waals surface area (Å²) in [6.45, 7) is 0. The molecule has 5 rings (SSSR count). The number of rotatable bonds is 6. The smallest absolute Gasteiger partial charge is 0.205 e. The van der Waals surface area contributed by atoms with E-state index >= 15 is 0 Å². The monoisotopic (exact) mass is 397 g/mol. The van der Waals surface area contributed by atoms with Gasteiger partial charge in [0.1, 0.15) is 11.6 Å². The van der Waals surface area contributed by atoms with Gasteiger partial charge in [-0.3, -0.25) is 4.57 Å². The first kappa shape index (κ1) is 16.5. The third-order valence-corrected chi connectivity index (χ3v) is 5.96. The van der Waals surface area contributed by atoms with Crippen LogP contribution in [-0.2, 0) is 0 Å². The van der Waals surface area contributed by atoms with E-state index in [0.717, 1.165) is 21.6 Å². The van der Waals surface area contributed by atoms with Crippen LogP contribution < -0.4 is 4.74 Å². The van der Waals surface area contributed by atoms with E-state index in [1.54, 1.807) is 13.4 Å².